The van der Waals surface area contributed by atoms with Gasteiger partial charge in [-0.15, -0.1) is 0 Å². The van der Waals surface area contributed by atoms with Gasteiger partial charge in [0.25, 0.3) is 0 Å². The van der Waals surface area contributed by atoms with E-state index in [1.807, 2.05) is 4.90 Å². The van der Waals surface area contributed by atoms with Gasteiger partial charge in [0.2, 0.25) is 6.41 Å². The number of piperazine rings is 1. The predicted molar refractivity (Wildman–Crippen MR) is 56.7 cm³/mol. The van der Waals surface area contributed by atoms with Crippen LogP contribution in [0.3, 0.4) is 0 Å². The first kappa shape index (κ1) is 10.9. The minimum Gasteiger partial charge on any atom is -0.378 e. The molecule has 0 aromatic heterocycles. The van der Waals surface area contributed by atoms with Gasteiger partial charge in [-0.25, -0.2) is 0 Å². The number of hydrogen-bond donors (Lipinski definition) is 1. The lowest BCUT2D eigenvalue weighted by molar-refractivity contribution is -0.119. The summed E-state index contributed by atoms with van der Waals surface area (Å²) in [5.41, 5.74) is 0. The molecule has 2 aliphatic heterocycles. The van der Waals surface area contributed by atoms with Gasteiger partial charge in [-0.2, -0.15) is 0 Å². The van der Waals surface area contributed by atoms with Crippen LogP contribution in [0.4, 0.5) is 0 Å². The summed E-state index contributed by atoms with van der Waals surface area (Å²) in [6.45, 7) is 7.32. The molecule has 0 aliphatic carbocycles. The summed E-state index contributed by atoms with van der Waals surface area (Å²) < 4.78 is 5.41. The maximum atomic E-state index is 10.5. The van der Waals surface area contributed by atoms with Crippen molar-refractivity contribution in [2.75, 3.05) is 52.5 Å². The van der Waals surface area contributed by atoms with Crippen molar-refractivity contribution in [2.45, 2.75) is 6.04 Å². The van der Waals surface area contributed by atoms with Crippen LogP contribution in [0, 0.1) is 0 Å². The van der Waals surface area contributed by atoms with Crippen LogP contribution >= 0.6 is 0 Å². The van der Waals surface area contributed by atoms with Gasteiger partial charge in [0.15, 0.2) is 0 Å². The summed E-state index contributed by atoms with van der Waals surface area (Å²) in [6, 6.07) is 0.460. The molecule has 5 heteroatoms. The van der Waals surface area contributed by atoms with Crippen LogP contribution in [0.2, 0.25) is 0 Å². The number of carbonyl (C=O) groups is 1. The molecule has 2 fully saturated rings. The third kappa shape index (κ3) is 3.15. The van der Waals surface area contributed by atoms with Gasteiger partial charge in [0, 0.05) is 45.3 Å². The largest absolute Gasteiger partial charge is 0.378 e. The number of hydrogen-bond acceptors (Lipinski definition) is 4. The van der Waals surface area contributed by atoms with Crippen LogP contribution < -0.4 is 5.32 Å². The van der Waals surface area contributed by atoms with Crippen molar-refractivity contribution < 1.29 is 9.53 Å². The lowest BCUT2D eigenvalue weighted by Gasteiger charge is -2.35. The molecule has 86 valence electrons. The molecule has 2 aliphatic rings. The molecule has 1 N–H and O–H groups in total. The number of ether oxygens (including phenoxy) is 1. The number of amides is 1. The highest BCUT2D eigenvalue weighted by Crippen LogP contribution is 2.02. The number of rotatable bonds is 3. The first-order valence-electron chi connectivity index (χ1n) is 5.61. The molecule has 5 nitrogen and oxygen atoms in total. The van der Waals surface area contributed by atoms with Crippen LogP contribution in [-0.2, 0) is 9.53 Å². The van der Waals surface area contributed by atoms with Crippen LogP contribution in [-0.4, -0.2) is 74.7 Å². The normalized spacial score (nSPS) is 29.1. The first-order chi connectivity index (χ1) is 7.38. The molecule has 2 saturated heterocycles. The molecule has 0 radical (unpaired) electrons. The maximum absolute atomic E-state index is 10.5. The van der Waals surface area contributed by atoms with Crippen molar-refractivity contribution in [3.63, 3.8) is 0 Å². The SMILES string of the molecule is O=CN1CCN(CC2COCCN2)CC1. The van der Waals surface area contributed by atoms with Gasteiger partial charge in [-0.1, -0.05) is 0 Å². The summed E-state index contributed by atoms with van der Waals surface area (Å²) in [7, 11) is 0. The minimum absolute atomic E-state index is 0.460. The van der Waals surface area contributed by atoms with E-state index in [1.54, 1.807) is 0 Å². The molecule has 1 unspecified atom stereocenters. The van der Waals surface area contributed by atoms with Crippen molar-refractivity contribution in [1.82, 2.24) is 15.1 Å². The van der Waals surface area contributed by atoms with Crippen LogP contribution in [0.5, 0.6) is 0 Å². The van der Waals surface area contributed by atoms with E-state index in [-0.39, 0.29) is 0 Å². The molecule has 0 bridgehead atoms. The summed E-state index contributed by atoms with van der Waals surface area (Å²) in [6.07, 6.45) is 0.944. The van der Waals surface area contributed by atoms with Crippen LogP contribution in [0.25, 0.3) is 0 Å². The highest BCUT2D eigenvalue weighted by atomic mass is 16.5. The lowest BCUT2D eigenvalue weighted by Crippen LogP contribution is -2.53. The van der Waals surface area contributed by atoms with E-state index in [0.29, 0.717) is 6.04 Å². The number of nitrogens with one attached hydrogen (secondary N) is 1. The summed E-state index contributed by atoms with van der Waals surface area (Å²) in [5.74, 6) is 0. The smallest absolute Gasteiger partial charge is 0.209 e. The Balaban J connectivity index is 1.69. The van der Waals surface area contributed by atoms with E-state index in [2.05, 4.69) is 10.2 Å². The number of morpholine rings is 1. The van der Waals surface area contributed by atoms with E-state index in [9.17, 15) is 4.79 Å². The topological polar surface area (TPSA) is 44.8 Å². The molecule has 2 heterocycles. The lowest BCUT2D eigenvalue weighted by atomic mass is 10.2. The Hall–Kier alpha value is -0.650. The van der Waals surface area contributed by atoms with E-state index in [0.717, 1.165) is 58.9 Å². The van der Waals surface area contributed by atoms with Crippen molar-refractivity contribution in [1.29, 1.82) is 0 Å². The first-order valence-corrected chi connectivity index (χ1v) is 5.61. The molecule has 0 aromatic rings. The van der Waals surface area contributed by atoms with Gasteiger partial charge in [0.05, 0.1) is 13.2 Å². The molecule has 15 heavy (non-hydrogen) atoms. The molecular formula is C10H19N3O2. The Morgan fingerprint density at radius 2 is 2.13 bits per heavy atom. The second-order valence-corrected chi connectivity index (χ2v) is 4.17. The fraction of sp³-hybridized carbons (Fsp3) is 0.900. The van der Waals surface area contributed by atoms with Gasteiger partial charge in [0.1, 0.15) is 0 Å². The molecule has 1 amide bonds. The summed E-state index contributed by atoms with van der Waals surface area (Å²) in [5, 5.41) is 3.44. The third-order valence-corrected chi connectivity index (χ3v) is 3.03. The summed E-state index contributed by atoms with van der Waals surface area (Å²) in [4.78, 5) is 14.8. The zero-order valence-electron chi connectivity index (χ0n) is 9.02. The van der Waals surface area contributed by atoms with E-state index < -0.39 is 0 Å². The van der Waals surface area contributed by atoms with Gasteiger partial charge >= 0.3 is 0 Å². The number of carbonyl (C=O) groups excluding carboxylic acids is 1. The zero-order valence-corrected chi connectivity index (χ0v) is 9.02. The van der Waals surface area contributed by atoms with Crippen molar-refractivity contribution in [3.05, 3.63) is 0 Å². The molecule has 2 rings (SSSR count). The second kappa shape index (κ2) is 5.44. The van der Waals surface area contributed by atoms with Crippen LogP contribution in [0.1, 0.15) is 0 Å². The quantitative estimate of drug-likeness (QED) is 0.595. The molecule has 1 atom stereocenters. The number of nitrogens with zero attached hydrogens (tertiary/aromatic N) is 2. The van der Waals surface area contributed by atoms with Gasteiger partial charge < -0.3 is 15.0 Å². The summed E-state index contributed by atoms with van der Waals surface area (Å²) >= 11 is 0. The predicted octanol–water partition coefficient (Wildman–Crippen LogP) is -1.25. The van der Waals surface area contributed by atoms with E-state index in [4.69, 9.17) is 4.74 Å². The average molecular weight is 213 g/mol. The average Bonchev–Trinajstić information content (AvgIpc) is 2.31. The van der Waals surface area contributed by atoms with E-state index in [1.165, 1.54) is 0 Å². The van der Waals surface area contributed by atoms with Gasteiger partial charge in [-0.3, -0.25) is 9.69 Å². The molecule has 0 saturated carbocycles. The molecule has 0 spiro atoms. The Labute approximate surface area is 90.4 Å². The molecule has 0 aromatic carbocycles. The molecular weight excluding hydrogens is 194 g/mol. The standard InChI is InChI=1S/C10H19N3O2/c14-9-13-4-2-12(3-5-13)7-10-8-15-6-1-11-10/h9-11H,1-8H2. The van der Waals surface area contributed by atoms with Crippen molar-refractivity contribution in [3.8, 4) is 0 Å². The Morgan fingerprint density at radius 1 is 1.33 bits per heavy atom. The Kier molecular flexibility index (Phi) is 3.94. The Bertz CT molecular complexity index is 199. The van der Waals surface area contributed by atoms with Crippen molar-refractivity contribution >= 4 is 6.41 Å². The zero-order chi connectivity index (χ0) is 10.5. The fourth-order valence-corrected chi connectivity index (χ4v) is 2.10. The monoisotopic (exact) mass is 213 g/mol. The highest BCUT2D eigenvalue weighted by molar-refractivity contribution is 5.47. The van der Waals surface area contributed by atoms with Gasteiger partial charge in [-0.05, 0) is 0 Å². The third-order valence-electron chi connectivity index (χ3n) is 3.03. The Morgan fingerprint density at radius 3 is 2.73 bits per heavy atom. The van der Waals surface area contributed by atoms with Crippen molar-refractivity contribution in [2.24, 2.45) is 0 Å². The fourth-order valence-electron chi connectivity index (χ4n) is 2.10. The maximum Gasteiger partial charge on any atom is 0.209 e. The second-order valence-electron chi connectivity index (χ2n) is 4.17. The highest BCUT2D eigenvalue weighted by Gasteiger charge is 2.20. The van der Waals surface area contributed by atoms with Crippen LogP contribution in [0.15, 0.2) is 0 Å². The minimum atomic E-state index is 0.460. The van der Waals surface area contributed by atoms with E-state index >= 15 is 0 Å².